The Bertz CT molecular complexity index is 387. The molecule has 1 nitrogen and oxygen atoms in total. The van der Waals surface area contributed by atoms with Gasteiger partial charge in [0.25, 0.3) is 0 Å². The number of allylic oxidation sites excluding steroid dienone is 2. The molecule has 0 amide bonds. The molecular weight excluding hydrogens is 278 g/mol. The highest BCUT2D eigenvalue weighted by Crippen LogP contribution is 2.46. The van der Waals surface area contributed by atoms with E-state index in [2.05, 4.69) is 32.1 Å². The maximum atomic E-state index is 9.65. The highest BCUT2D eigenvalue weighted by Gasteiger charge is 2.37. The smallest absolute Gasteiger partial charge is 0.0753 e. The predicted octanol–water partition coefficient (Wildman–Crippen LogP) is 7.04. The number of unbranched alkanes of at least 4 members (excludes halogenated alkanes) is 2. The summed E-state index contributed by atoms with van der Waals surface area (Å²) in [7, 11) is 0. The van der Waals surface area contributed by atoms with Gasteiger partial charge in [0.1, 0.15) is 0 Å². The molecule has 0 heterocycles. The van der Waals surface area contributed by atoms with Gasteiger partial charge in [-0.1, -0.05) is 64.5 Å². The minimum Gasteiger partial charge on any atom is -0.197 e. The number of rotatable bonds is 7. The molecule has 0 bridgehead atoms. The van der Waals surface area contributed by atoms with Crippen LogP contribution < -0.4 is 0 Å². The third kappa shape index (κ3) is 5.37. The normalized spacial score (nSPS) is 35.3. The predicted molar refractivity (Wildman–Crippen MR) is 99.0 cm³/mol. The molecule has 0 aromatic carbocycles. The lowest BCUT2D eigenvalue weighted by Gasteiger charge is -2.39. The van der Waals surface area contributed by atoms with Crippen molar-refractivity contribution >= 4 is 0 Å². The van der Waals surface area contributed by atoms with E-state index in [-0.39, 0.29) is 5.41 Å². The molecule has 0 aromatic rings. The van der Waals surface area contributed by atoms with Crippen molar-refractivity contribution in [1.82, 2.24) is 0 Å². The third-order valence-electron chi connectivity index (χ3n) is 6.56. The Morgan fingerprint density at radius 3 is 2.17 bits per heavy atom. The second-order valence-electron chi connectivity index (χ2n) is 8.22. The molecule has 0 saturated heterocycles. The van der Waals surface area contributed by atoms with Crippen LogP contribution in [0.5, 0.6) is 0 Å². The van der Waals surface area contributed by atoms with Crippen LogP contribution in [-0.2, 0) is 0 Å². The van der Waals surface area contributed by atoms with Crippen molar-refractivity contribution in [1.29, 1.82) is 5.26 Å². The van der Waals surface area contributed by atoms with Crippen LogP contribution in [-0.4, -0.2) is 0 Å². The Kier molecular flexibility index (Phi) is 7.68. The van der Waals surface area contributed by atoms with Crippen LogP contribution in [0.2, 0.25) is 0 Å². The van der Waals surface area contributed by atoms with E-state index in [9.17, 15) is 5.26 Å². The molecule has 2 saturated carbocycles. The van der Waals surface area contributed by atoms with E-state index >= 15 is 0 Å². The number of hydrogen-bond donors (Lipinski definition) is 0. The topological polar surface area (TPSA) is 23.8 Å². The highest BCUT2D eigenvalue weighted by molar-refractivity contribution is 5.14. The van der Waals surface area contributed by atoms with Gasteiger partial charge in [-0.2, -0.15) is 5.26 Å². The summed E-state index contributed by atoms with van der Waals surface area (Å²) in [5.74, 6) is 2.89. The van der Waals surface area contributed by atoms with Gasteiger partial charge >= 0.3 is 0 Å². The SMILES string of the molecule is CCCC=C[C@]1(C#N)CC[C@@H](C2CCC(CCCC)CC2)CC1. The minimum absolute atomic E-state index is 0.135. The monoisotopic (exact) mass is 315 g/mol. The molecule has 2 aliphatic rings. The first-order chi connectivity index (χ1) is 11.2. The Hall–Kier alpha value is -0.770. The van der Waals surface area contributed by atoms with Crippen LogP contribution in [0.4, 0.5) is 0 Å². The van der Waals surface area contributed by atoms with E-state index in [1.165, 1.54) is 64.2 Å². The second kappa shape index (κ2) is 9.51. The summed E-state index contributed by atoms with van der Waals surface area (Å²) in [5.41, 5.74) is -0.135. The van der Waals surface area contributed by atoms with Gasteiger partial charge in [-0.3, -0.25) is 0 Å². The fourth-order valence-electron chi connectivity index (χ4n) is 4.86. The van der Waals surface area contributed by atoms with E-state index in [1.54, 1.807) is 0 Å². The summed E-state index contributed by atoms with van der Waals surface area (Å²) >= 11 is 0. The van der Waals surface area contributed by atoms with Gasteiger partial charge in [0.2, 0.25) is 0 Å². The molecule has 2 aliphatic carbocycles. The van der Waals surface area contributed by atoms with Crippen molar-refractivity contribution in [3.05, 3.63) is 12.2 Å². The van der Waals surface area contributed by atoms with Crippen LogP contribution in [0.3, 0.4) is 0 Å². The van der Waals surface area contributed by atoms with Crippen LogP contribution in [0.15, 0.2) is 12.2 Å². The van der Waals surface area contributed by atoms with E-state index in [1.807, 2.05) is 0 Å². The summed E-state index contributed by atoms with van der Waals surface area (Å²) in [6, 6.07) is 2.64. The van der Waals surface area contributed by atoms with Crippen LogP contribution in [0, 0.1) is 34.5 Å². The van der Waals surface area contributed by atoms with Crippen molar-refractivity contribution < 1.29 is 0 Å². The molecule has 0 aliphatic heterocycles. The first-order valence-electron chi connectivity index (χ1n) is 10.3. The van der Waals surface area contributed by atoms with Gasteiger partial charge in [-0.15, -0.1) is 0 Å². The zero-order valence-corrected chi connectivity index (χ0v) is 15.5. The molecule has 2 fully saturated rings. The first kappa shape index (κ1) is 18.6. The van der Waals surface area contributed by atoms with E-state index in [0.29, 0.717) is 0 Å². The Labute approximate surface area is 144 Å². The molecule has 23 heavy (non-hydrogen) atoms. The van der Waals surface area contributed by atoms with Crippen LogP contribution in [0.1, 0.15) is 97.3 Å². The highest BCUT2D eigenvalue weighted by atomic mass is 14.4. The van der Waals surface area contributed by atoms with Crippen molar-refractivity contribution in [3.63, 3.8) is 0 Å². The quantitative estimate of drug-likeness (QED) is 0.462. The summed E-state index contributed by atoms with van der Waals surface area (Å²) in [5, 5.41) is 9.65. The lowest BCUT2D eigenvalue weighted by Crippen LogP contribution is -2.30. The average Bonchev–Trinajstić information content (AvgIpc) is 2.61. The van der Waals surface area contributed by atoms with E-state index in [0.717, 1.165) is 37.0 Å². The van der Waals surface area contributed by atoms with Crippen molar-refractivity contribution in [2.75, 3.05) is 0 Å². The lowest BCUT2D eigenvalue weighted by molar-refractivity contribution is 0.136. The van der Waals surface area contributed by atoms with Crippen LogP contribution in [0.25, 0.3) is 0 Å². The average molecular weight is 316 g/mol. The van der Waals surface area contributed by atoms with Crippen molar-refractivity contribution in [2.45, 2.75) is 97.3 Å². The summed E-state index contributed by atoms with van der Waals surface area (Å²) < 4.78 is 0. The van der Waals surface area contributed by atoms with Gasteiger partial charge in [-0.05, 0) is 62.7 Å². The van der Waals surface area contributed by atoms with Crippen molar-refractivity contribution in [3.8, 4) is 6.07 Å². The molecule has 0 radical (unpaired) electrons. The van der Waals surface area contributed by atoms with Crippen LogP contribution >= 0.6 is 0 Å². The molecule has 130 valence electrons. The fraction of sp³-hybridized carbons (Fsp3) is 0.864. The van der Waals surface area contributed by atoms with Gasteiger partial charge in [0, 0.05) is 0 Å². The zero-order chi connectivity index (χ0) is 16.5. The van der Waals surface area contributed by atoms with E-state index < -0.39 is 0 Å². The molecule has 0 aromatic heterocycles. The Balaban J connectivity index is 1.77. The van der Waals surface area contributed by atoms with Gasteiger partial charge in [0.05, 0.1) is 11.5 Å². The Morgan fingerprint density at radius 1 is 0.957 bits per heavy atom. The fourth-order valence-corrected chi connectivity index (χ4v) is 4.86. The lowest BCUT2D eigenvalue weighted by atomic mass is 9.64. The molecule has 1 heteroatoms. The molecule has 0 spiro atoms. The molecule has 0 unspecified atom stereocenters. The minimum atomic E-state index is -0.135. The Morgan fingerprint density at radius 2 is 1.61 bits per heavy atom. The zero-order valence-electron chi connectivity index (χ0n) is 15.5. The maximum Gasteiger partial charge on any atom is 0.0753 e. The summed E-state index contributed by atoms with van der Waals surface area (Å²) in [6.07, 6.45) is 21.7. The summed E-state index contributed by atoms with van der Waals surface area (Å²) in [6.45, 7) is 4.52. The van der Waals surface area contributed by atoms with E-state index in [4.69, 9.17) is 0 Å². The molecule has 2 rings (SSSR count). The third-order valence-corrected chi connectivity index (χ3v) is 6.56. The van der Waals surface area contributed by atoms with Gasteiger partial charge in [0.15, 0.2) is 0 Å². The molecule has 0 atom stereocenters. The van der Waals surface area contributed by atoms with Gasteiger partial charge in [-0.25, -0.2) is 0 Å². The molecule has 0 N–H and O–H groups in total. The molecular formula is C22H37N. The summed E-state index contributed by atoms with van der Waals surface area (Å²) in [4.78, 5) is 0. The largest absolute Gasteiger partial charge is 0.197 e. The number of hydrogen-bond acceptors (Lipinski definition) is 1. The van der Waals surface area contributed by atoms with Crippen molar-refractivity contribution in [2.24, 2.45) is 23.2 Å². The second-order valence-corrected chi connectivity index (χ2v) is 8.22. The maximum absolute atomic E-state index is 9.65. The van der Waals surface area contributed by atoms with Gasteiger partial charge < -0.3 is 0 Å². The number of nitrogens with zero attached hydrogens (tertiary/aromatic N) is 1. The first-order valence-corrected chi connectivity index (χ1v) is 10.3. The standard InChI is InChI=1S/C22H37N/c1-3-5-7-15-22(18-23)16-13-21(14-17-22)20-11-9-19(10-12-20)8-6-4-2/h7,15,19-21H,3-6,8-14,16-17H2,1-2H3/t19?,20?,21-,22+. The number of nitriles is 1.